The van der Waals surface area contributed by atoms with E-state index in [0.29, 0.717) is 6.54 Å². The summed E-state index contributed by atoms with van der Waals surface area (Å²) >= 11 is 0. The fourth-order valence-corrected chi connectivity index (χ4v) is 2.35. The van der Waals surface area contributed by atoms with E-state index in [2.05, 4.69) is 22.5 Å². The number of nitrogens with zero attached hydrogens (tertiary/aromatic N) is 1. The molecular formula is C13H29Cl2N3O2. The summed E-state index contributed by atoms with van der Waals surface area (Å²) in [5.41, 5.74) is -0.314. The van der Waals surface area contributed by atoms with Gasteiger partial charge in [-0.2, -0.15) is 0 Å². The molecule has 1 rings (SSSR count). The van der Waals surface area contributed by atoms with Crippen molar-refractivity contribution < 1.29 is 9.53 Å². The van der Waals surface area contributed by atoms with Gasteiger partial charge in [0.1, 0.15) is 0 Å². The van der Waals surface area contributed by atoms with Gasteiger partial charge in [0.15, 0.2) is 0 Å². The van der Waals surface area contributed by atoms with Gasteiger partial charge in [-0.15, -0.1) is 24.8 Å². The Morgan fingerprint density at radius 1 is 1.40 bits per heavy atom. The number of likely N-dealkylation sites (N-methyl/N-ethyl adjacent to an activating group) is 1. The molecule has 1 amide bonds. The molecule has 0 aliphatic carbocycles. The summed E-state index contributed by atoms with van der Waals surface area (Å²) in [5.74, 6) is 0.155. The Bertz CT molecular complexity index is 262. The molecule has 5 nitrogen and oxygen atoms in total. The van der Waals surface area contributed by atoms with Gasteiger partial charge < -0.3 is 20.3 Å². The summed E-state index contributed by atoms with van der Waals surface area (Å²) in [5, 5.41) is 6.39. The summed E-state index contributed by atoms with van der Waals surface area (Å²) in [6.45, 7) is 6.20. The lowest BCUT2D eigenvalue weighted by Gasteiger charge is -2.27. The maximum atomic E-state index is 12.2. The fraction of sp³-hybridized carbons (Fsp3) is 0.923. The highest BCUT2D eigenvalue weighted by molar-refractivity contribution is 5.86. The Balaban J connectivity index is 0. The number of amides is 1. The summed E-state index contributed by atoms with van der Waals surface area (Å²) in [6, 6.07) is 0. The minimum Gasteiger partial charge on any atom is -0.383 e. The standard InChI is InChI=1S/C13H27N3O2.2ClH/c1-4-13(6-5-7-15-13)12(17)14-8-9-16(2)10-11-18-3;;/h15H,4-11H2,1-3H3,(H,14,17);2*1H. The van der Waals surface area contributed by atoms with Crippen molar-refractivity contribution in [1.29, 1.82) is 0 Å². The Hall–Kier alpha value is -0.0700. The van der Waals surface area contributed by atoms with E-state index >= 15 is 0 Å². The number of nitrogens with one attached hydrogen (secondary N) is 2. The van der Waals surface area contributed by atoms with Crippen molar-refractivity contribution in [3.63, 3.8) is 0 Å². The molecule has 122 valence electrons. The molecule has 7 heteroatoms. The second-order valence-corrected chi connectivity index (χ2v) is 5.02. The highest BCUT2D eigenvalue weighted by Gasteiger charge is 2.38. The van der Waals surface area contributed by atoms with Crippen LogP contribution < -0.4 is 10.6 Å². The van der Waals surface area contributed by atoms with E-state index in [1.165, 1.54) is 0 Å². The van der Waals surface area contributed by atoms with Crippen LogP contribution in [0, 0.1) is 0 Å². The molecule has 1 fully saturated rings. The average Bonchev–Trinajstić information content (AvgIpc) is 2.86. The van der Waals surface area contributed by atoms with Crippen LogP contribution in [0.15, 0.2) is 0 Å². The third-order valence-electron chi connectivity index (χ3n) is 3.74. The Labute approximate surface area is 135 Å². The first-order valence-corrected chi connectivity index (χ1v) is 6.85. The van der Waals surface area contributed by atoms with Crippen LogP contribution in [-0.2, 0) is 9.53 Å². The first-order chi connectivity index (χ1) is 8.64. The predicted molar refractivity (Wildman–Crippen MR) is 87.1 cm³/mol. The van der Waals surface area contributed by atoms with Crippen LogP contribution in [0.3, 0.4) is 0 Å². The molecule has 0 aromatic rings. The molecule has 1 atom stereocenters. The number of carbonyl (C=O) groups is 1. The Morgan fingerprint density at radius 3 is 2.60 bits per heavy atom. The molecule has 2 N–H and O–H groups in total. The van der Waals surface area contributed by atoms with Crippen molar-refractivity contribution in [1.82, 2.24) is 15.5 Å². The van der Waals surface area contributed by atoms with Gasteiger partial charge >= 0.3 is 0 Å². The monoisotopic (exact) mass is 329 g/mol. The molecule has 0 spiro atoms. The first-order valence-electron chi connectivity index (χ1n) is 6.85. The van der Waals surface area contributed by atoms with E-state index in [4.69, 9.17) is 4.74 Å². The van der Waals surface area contributed by atoms with Crippen LogP contribution in [0.2, 0.25) is 0 Å². The van der Waals surface area contributed by atoms with Gasteiger partial charge in [-0.1, -0.05) is 6.92 Å². The van der Waals surface area contributed by atoms with Crippen molar-refractivity contribution in [2.24, 2.45) is 0 Å². The summed E-state index contributed by atoms with van der Waals surface area (Å²) in [6.07, 6.45) is 2.90. The van der Waals surface area contributed by atoms with Gasteiger partial charge in [0.05, 0.1) is 12.1 Å². The zero-order chi connectivity index (χ0) is 13.4. The number of hydrogen-bond donors (Lipinski definition) is 2. The number of rotatable bonds is 8. The third-order valence-corrected chi connectivity index (χ3v) is 3.74. The minimum atomic E-state index is -0.314. The summed E-state index contributed by atoms with van der Waals surface area (Å²) < 4.78 is 5.02. The van der Waals surface area contributed by atoms with Crippen LogP contribution in [-0.4, -0.2) is 63.3 Å². The van der Waals surface area contributed by atoms with Gasteiger partial charge in [-0.3, -0.25) is 4.79 Å². The molecule has 0 bridgehead atoms. The van der Waals surface area contributed by atoms with E-state index in [1.54, 1.807) is 7.11 Å². The number of carbonyl (C=O) groups excluding carboxylic acids is 1. The van der Waals surface area contributed by atoms with E-state index in [9.17, 15) is 4.79 Å². The van der Waals surface area contributed by atoms with Crippen LogP contribution in [0.5, 0.6) is 0 Å². The molecular weight excluding hydrogens is 301 g/mol. The second kappa shape index (κ2) is 11.6. The van der Waals surface area contributed by atoms with Gasteiger partial charge in [-0.05, 0) is 32.9 Å². The lowest BCUT2D eigenvalue weighted by atomic mass is 9.93. The van der Waals surface area contributed by atoms with Crippen molar-refractivity contribution in [3.05, 3.63) is 0 Å². The topological polar surface area (TPSA) is 53.6 Å². The van der Waals surface area contributed by atoms with Crippen LogP contribution in [0.25, 0.3) is 0 Å². The van der Waals surface area contributed by atoms with Gasteiger partial charge in [0.25, 0.3) is 0 Å². The Morgan fingerprint density at radius 2 is 2.10 bits per heavy atom. The highest BCUT2D eigenvalue weighted by Crippen LogP contribution is 2.22. The normalized spacial score (nSPS) is 21.2. The zero-order valence-corrected chi connectivity index (χ0v) is 14.4. The van der Waals surface area contributed by atoms with Crippen molar-refractivity contribution in [2.45, 2.75) is 31.7 Å². The quantitative estimate of drug-likeness (QED) is 0.699. The SMILES string of the molecule is CCC1(C(=O)NCCN(C)CCOC)CCCN1.Cl.Cl. The fourth-order valence-electron chi connectivity index (χ4n) is 2.35. The van der Waals surface area contributed by atoms with Crippen molar-refractivity contribution in [3.8, 4) is 0 Å². The number of halogens is 2. The van der Waals surface area contributed by atoms with Crippen LogP contribution in [0.1, 0.15) is 26.2 Å². The maximum Gasteiger partial charge on any atom is 0.240 e. The Kier molecular flexibility index (Phi) is 12.9. The maximum absolute atomic E-state index is 12.2. The lowest BCUT2D eigenvalue weighted by molar-refractivity contribution is -0.127. The third kappa shape index (κ3) is 6.59. The smallest absolute Gasteiger partial charge is 0.240 e. The van der Waals surface area contributed by atoms with Gasteiger partial charge in [0.2, 0.25) is 5.91 Å². The van der Waals surface area contributed by atoms with Crippen LogP contribution >= 0.6 is 24.8 Å². The average molecular weight is 330 g/mol. The largest absolute Gasteiger partial charge is 0.383 e. The molecule has 20 heavy (non-hydrogen) atoms. The molecule has 1 unspecified atom stereocenters. The number of methoxy groups -OCH3 is 1. The second-order valence-electron chi connectivity index (χ2n) is 5.02. The molecule has 0 aromatic carbocycles. The molecule has 0 aromatic heterocycles. The summed E-state index contributed by atoms with van der Waals surface area (Å²) in [7, 11) is 3.74. The van der Waals surface area contributed by atoms with Crippen molar-refractivity contribution in [2.75, 3.05) is 46.9 Å². The van der Waals surface area contributed by atoms with E-state index in [-0.39, 0.29) is 36.3 Å². The molecule has 1 aliphatic heterocycles. The van der Waals surface area contributed by atoms with E-state index < -0.39 is 0 Å². The van der Waals surface area contributed by atoms with E-state index in [1.807, 2.05) is 7.05 Å². The van der Waals surface area contributed by atoms with Gasteiger partial charge in [-0.25, -0.2) is 0 Å². The molecule has 1 saturated heterocycles. The molecule has 1 aliphatic rings. The predicted octanol–water partition coefficient (Wildman–Crippen LogP) is 1.06. The molecule has 0 radical (unpaired) electrons. The number of hydrogen-bond acceptors (Lipinski definition) is 4. The zero-order valence-electron chi connectivity index (χ0n) is 12.7. The first kappa shape index (κ1) is 22.2. The van der Waals surface area contributed by atoms with Crippen molar-refractivity contribution >= 4 is 30.7 Å². The van der Waals surface area contributed by atoms with Crippen LogP contribution in [0.4, 0.5) is 0 Å². The van der Waals surface area contributed by atoms with Gasteiger partial charge in [0, 0.05) is 26.7 Å². The number of ether oxygens (including phenoxy) is 1. The summed E-state index contributed by atoms with van der Waals surface area (Å²) in [4.78, 5) is 14.3. The molecule has 0 saturated carbocycles. The minimum absolute atomic E-state index is 0. The molecule has 1 heterocycles. The van der Waals surface area contributed by atoms with E-state index in [0.717, 1.165) is 45.5 Å². The highest BCUT2D eigenvalue weighted by atomic mass is 35.5. The lowest BCUT2D eigenvalue weighted by Crippen LogP contribution is -2.54.